The molecule has 0 spiro atoms. The summed E-state index contributed by atoms with van der Waals surface area (Å²) < 4.78 is 5.80. The van der Waals surface area contributed by atoms with Gasteiger partial charge in [0.25, 0.3) is 0 Å². The first-order valence-electron chi connectivity index (χ1n) is 5.26. The number of hydrogen-bond acceptors (Lipinski definition) is 5. The topological polar surface area (TPSA) is 69.6 Å². The van der Waals surface area contributed by atoms with Crippen LogP contribution >= 0.6 is 11.5 Å². The third kappa shape index (κ3) is 2.28. The molecule has 2 rings (SSSR count). The summed E-state index contributed by atoms with van der Waals surface area (Å²) in [7, 11) is 0. The van der Waals surface area contributed by atoms with Crippen molar-refractivity contribution in [2.24, 2.45) is 5.73 Å². The van der Waals surface area contributed by atoms with Gasteiger partial charge in [-0.2, -0.15) is 5.10 Å². The van der Waals surface area contributed by atoms with Crippen molar-refractivity contribution in [2.75, 3.05) is 0 Å². The molecule has 0 aromatic carbocycles. The van der Waals surface area contributed by atoms with E-state index in [0.717, 1.165) is 29.1 Å². The largest absolute Gasteiger partial charge is 0.323 e. The Balaban J connectivity index is 2.07. The average molecular weight is 237 g/mol. The van der Waals surface area contributed by atoms with Crippen LogP contribution in [-0.4, -0.2) is 19.4 Å². The molecule has 0 aliphatic rings. The van der Waals surface area contributed by atoms with Crippen molar-refractivity contribution in [3.8, 4) is 0 Å². The van der Waals surface area contributed by atoms with E-state index < -0.39 is 0 Å². The molecule has 16 heavy (non-hydrogen) atoms. The minimum atomic E-state index is -0.0329. The smallest absolute Gasteiger partial charge is 0.0772 e. The van der Waals surface area contributed by atoms with E-state index in [1.807, 2.05) is 24.0 Å². The highest BCUT2D eigenvalue weighted by molar-refractivity contribution is 7.05. The Bertz CT molecular complexity index is 461. The maximum Gasteiger partial charge on any atom is 0.0772 e. The van der Waals surface area contributed by atoms with E-state index in [1.165, 1.54) is 11.5 Å². The van der Waals surface area contributed by atoms with Gasteiger partial charge < -0.3 is 5.73 Å². The SMILES string of the molecule is CCn1cc(CC(N)c2snnc2C)cn1. The fourth-order valence-electron chi connectivity index (χ4n) is 1.61. The van der Waals surface area contributed by atoms with Gasteiger partial charge in [0, 0.05) is 18.8 Å². The molecule has 0 radical (unpaired) electrons. The minimum absolute atomic E-state index is 0.0329. The molecular formula is C10H15N5S. The van der Waals surface area contributed by atoms with Gasteiger partial charge in [-0.05, 0) is 37.4 Å². The number of aromatic nitrogens is 4. The van der Waals surface area contributed by atoms with Crippen LogP contribution in [0.5, 0.6) is 0 Å². The van der Waals surface area contributed by atoms with E-state index in [-0.39, 0.29) is 6.04 Å². The lowest BCUT2D eigenvalue weighted by molar-refractivity contribution is 0.657. The lowest BCUT2D eigenvalue weighted by Gasteiger charge is -2.07. The highest BCUT2D eigenvalue weighted by Gasteiger charge is 2.14. The zero-order valence-electron chi connectivity index (χ0n) is 9.42. The van der Waals surface area contributed by atoms with Crippen LogP contribution in [0.3, 0.4) is 0 Å². The summed E-state index contributed by atoms with van der Waals surface area (Å²) in [6.45, 7) is 4.89. The van der Waals surface area contributed by atoms with Gasteiger partial charge in [0.1, 0.15) is 0 Å². The second-order valence-electron chi connectivity index (χ2n) is 3.74. The monoisotopic (exact) mass is 237 g/mol. The summed E-state index contributed by atoms with van der Waals surface area (Å²) in [5, 5.41) is 8.19. The van der Waals surface area contributed by atoms with Gasteiger partial charge in [-0.25, -0.2) is 0 Å². The van der Waals surface area contributed by atoms with Crippen molar-refractivity contribution >= 4 is 11.5 Å². The Morgan fingerprint density at radius 1 is 1.56 bits per heavy atom. The number of nitrogens with zero attached hydrogens (tertiary/aromatic N) is 4. The lowest BCUT2D eigenvalue weighted by atomic mass is 10.1. The Morgan fingerprint density at radius 2 is 2.38 bits per heavy atom. The number of aryl methyl sites for hydroxylation is 2. The molecule has 5 nitrogen and oxygen atoms in total. The van der Waals surface area contributed by atoms with Crippen molar-refractivity contribution < 1.29 is 0 Å². The number of nitrogens with two attached hydrogens (primary N) is 1. The minimum Gasteiger partial charge on any atom is -0.323 e. The molecule has 2 heterocycles. The lowest BCUT2D eigenvalue weighted by Crippen LogP contribution is -2.12. The summed E-state index contributed by atoms with van der Waals surface area (Å²) in [5.41, 5.74) is 8.20. The van der Waals surface area contributed by atoms with E-state index in [4.69, 9.17) is 5.73 Å². The quantitative estimate of drug-likeness (QED) is 0.870. The van der Waals surface area contributed by atoms with Crippen molar-refractivity contribution in [1.29, 1.82) is 0 Å². The summed E-state index contributed by atoms with van der Waals surface area (Å²) in [6, 6.07) is -0.0329. The highest BCUT2D eigenvalue weighted by Crippen LogP contribution is 2.21. The van der Waals surface area contributed by atoms with Crippen molar-refractivity contribution in [1.82, 2.24) is 19.4 Å². The predicted octanol–water partition coefficient (Wildman–Crippen LogP) is 1.31. The second kappa shape index (κ2) is 4.71. The Kier molecular flexibility index (Phi) is 3.31. The summed E-state index contributed by atoms with van der Waals surface area (Å²) >= 11 is 1.38. The van der Waals surface area contributed by atoms with Gasteiger partial charge in [0.05, 0.1) is 16.8 Å². The van der Waals surface area contributed by atoms with E-state index in [2.05, 4.69) is 21.6 Å². The van der Waals surface area contributed by atoms with Crippen LogP contribution in [-0.2, 0) is 13.0 Å². The summed E-state index contributed by atoms with van der Waals surface area (Å²) in [4.78, 5) is 1.06. The maximum atomic E-state index is 6.12. The van der Waals surface area contributed by atoms with Gasteiger partial charge in [-0.15, -0.1) is 5.10 Å². The van der Waals surface area contributed by atoms with Crippen molar-refractivity contribution in [3.63, 3.8) is 0 Å². The van der Waals surface area contributed by atoms with Crippen molar-refractivity contribution in [2.45, 2.75) is 32.9 Å². The molecule has 86 valence electrons. The van der Waals surface area contributed by atoms with Crippen LogP contribution in [0.4, 0.5) is 0 Å². The van der Waals surface area contributed by atoms with Gasteiger partial charge in [0.2, 0.25) is 0 Å². The van der Waals surface area contributed by atoms with Crippen LogP contribution in [0, 0.1) is 6.92 Å². The highest BCUT2D eigenvalue weighted by atomic mass is 32.1. The molecule has 0 fully saturated rings. The first kappa shape index (κ1) is 11.2. The molecule has 6 heteroatoms. The van der Waals surface area contributed by atoms with Crippen LogP contribution in [0.1, 0.15) is 29.1 Å². The Morgan fingerprint density at radius 3 is 2.94 bits per heavy atom. The van der Waals surface area contributed by atoms with E-state index in [9.17, 15) is 0 Å². The Hall–Kier alpha value is -1.27. The average Bonchev–Trinajstić information content (AvgIpc) is 2.86. The molecule has 0 saturated heterocycles. The predicted molar refractivity (Wildman–Crippen MR) is 63.2 cm³/mol. The van der Waals surface area contributed by atoms with Gasteiger partial charge in [0.15, 0.2) is 0 Å². The van der Waals surface area contributed by atoms with Crippen molar-refractivity contribution in [3.05, 3.63) is 28.5 Å². The molecule has 2 N–H and O–H groups in total. The second-order valence-corrected chi connectivity index (χ2v) is 4.52. The van der Waals surface area contributed by atoms with Crippen LogP contribution in [0.2, 0.25) is 0 Å². The number of rotatable bonds is 4. The van der Waals surface area contributed by atoms with E-state index in [0.29, 0.717) is 0 Å². The maximum absolute atomic E-state index is 6.12. The molecule has 1 unspecified atom stereocenters. The molecule has 2 aromatic rings. The first-order valence-corrected chi connectivity index (χ1v) is 6.03. The molecule has 2 aromatic heterocycles. The molecule has 0 saturated carbocycles. The standard InChI is InChI=1S/C10H15N5S/c1-3-15-6-8(5-12-15)4-9(11)10-7(2)13-14-16-10/h5-6,9H,3-4,11H2,1-2H3. The molecule has 0 bridgehead atoms. The normalized spacial score (nSPS) is 12.9. The van der Waals surface area contributed by atoms with Crippen LogP contribution in [0.15, 0.2) is 12.4 Å². The van der Waals surface area contributed by atoms with E-state index >= 15 is 0 Å². The number of hydrogen-bond donors (Lipinski definition) is 1. The van der Waals surface area contributed by atoms with Gasteiger partial charge in [-0.1, -0.05) is 4.49 Å². The van der Waals surface area contributed by atoms with Crippen LogP contribution in [0.25, 0.3) is 0 Å². The fraction of sp³-hybridized carbons (Fsp3) is 0.500. The van der Waals surface area contributed by atoms with Gasteiger partial charge in [-0.3, -0.25) is 4.68 Å². The van der Waals surface area contributed by atoms with Gasteiger partial charge >= 0.3 is 0 Å². The molecule has 1 atom stereocenters. The third-order valence-electron chi connectivity index (χ3n) is 2.49. The molecule has 0 amide bonds. The Labute approximate surface area is 98.4 Å². The summed E-state index contributed by atoms with van der Waals surface area (Å²) in [5.74, 6) is 0. The van der Waals surface area contributed by atoms with Crippen LogP contribution < -0.4 is 5.73 Å². The molecule has 0 aliphatic heterocycles. The summed E-state index contributed by atoms with van der Waals surface area (Å²) in [6.07, 6.45) is 4.68. The zero-order valence-corrected chi connectivity index (χ0v) is 10.2. The fourth-order valence-corrected chi connectivity index (χ4v) is 2.25. The molecular weight excluding hydrogens is 222 g/mol. The van der Waals surface area contributed by atoms with E-state index in [1.54, 1.807) is 0 Å². The zero-order chi connectivity index (χ0) is 11.5. The third-order valence-corrected chi connectivity index (χ3v) is 3.45. The first-order chi connectivity index (χ1) is 7.70. The molecule has 0 aliphatic carbocycles.